The van der Waals surface area contributed by atoms with Gasteiger partial charge in [-0.3, -0.25) is 0 Å². The zero-order valence-electron chi connectivity index (χ0n) is 14.5. The second-order valence-corrected chi connectivity index (χ2v) is 6.68. The summed E-state index contributed by atoms with van der Waals surface area (Å²) in [5, 5.41) is 13.4. The van der Waals surface area contributed by atoms with Crippen LogP contribution in [0.4, 0.5) is 4.79 Å². The van der Waals surface area contributed by atoms with Crippen LogP contribution in [0.2, 0.25) is 0 Å². The normalized spacial score (nSPS) is 25.2. The van der Waals surface area contributed by atoms with Crippen LogP contribution in [0.5, 0.6) is 0 Å². The maximum Gasteiger partial charge on any atom is 0.407 e. The number of carbonyl (C=O) groups is 1. The minimum absolute atomic E-state index is 0.536. The van der Waals surface area contributed by atoms with Crippen LogP contribution >= 0.6 is 0 Å². The Hall–Kier alpha value is -1.30. The predicted octanol–water partition coefficient (Wildman–Crippen LogP) is 3.03. The fourth-order valence-corrected chi connectivity index (χ4v) is 3.93. The van der Waals surface area contributed by atoms with Crippen molar-refractivity contribution in [2.24, 2.45) is 11.1 Å². The first-order chi connectivity index (χ1) is 11.2. The number of hydrogen-bond donors (Lipinski definition) is 1. The van der Waals surface area contributed by atoms with E-state index >= 15 is 0 Å². The molecule has 6 nitrogen and oxygen atoms in total. The number of carboxylic acid groups (broad SMARTS) is 1. The molecule has 2 heterocycles. The SMILES string of the molecule is CCCC(=NOC)C1CCN(C2CCCN(C(=O)O)CC2)CC1. The lowest BCUT2D eigenvalue weighted by Gasteiger charge is -2.37. The zero-order valence-corrected chi connectivity index (χ0v) is 14.5. The zero-order chi connectivity index (χ0) is 16.7. The first kappa shape index (κ1) is 18.0. The molecule has 0 aromatic heterocycles. The van der Waals surface area contributed by atoms with Crippen LogP contribution in [0.25, 0.3) is 0 Å². The predicted molar refractivity (Wildman–Crippen MR) is 90.9 cm³/mol. The van der Waals surface area contributed by atoms with E-state index in [0.717, 1.165) is 58.0 Å². The van der Waals surface area contributed by atoms with Gasteiger partial charge in [-0.1, -0.05) is 18.5 Å². The van der Waals surface area contributed by atoms with Crippen molar-refractivity contribution in [1.82, 2.24) is 9.80 Å². The van der Waals surface area contributed by atoms with Crippen LogP contribution < -0.4 is 0 Å². The summed E-state index contributed by atoms with van der Waals surface area (Å²) in [4.78, 5) is 20.3. The maximum atomic E-state index is 11.1. The number of piperidine rings is 1. The van der Waals surface area contributed by atoms with Gasteiger partial charge >= 0.3 is 6.09 Å². The number of rotatable bonds is 5. The molecule has 1 amide bonds. The highest BCUT2D eigenvalue weighted by Gasteiger charge is 2.29. The van der Waals surface area contributed by atoms with Crippen LogP contribution in [-0.4, -0.2) is 66.0 Å². The minimum Gasteiger partial charge on any atom is -0.465 e. The largest absolute Gasteiger partial charge is 0.465 e. The van der Waals surface area contributed by atoms with Gasteiger partial charge in [0.05, 0.1) is 5.71 Å². The Labute approximate surface area is 139 Å². The minimum atomic E-state index is -0.774. The molecule has 1 atom stereocenters. The Morgan fingerprint density at radius 1 is 1.17 bits per heavy atom. The Balaban J connectivity index is 1.84. The number of oxime groups is 1. The molecule has 0 aromatic carbocycles. The molecule has 0 aromatic rings. The molecular formula is C17H31N3O3. The summed E-state index contributed by atoms with van der Waals surface area (Å²) < 4.78 is 0. The van der Waals surface area contributed by atoms with Crippen molar-refractivity contribution in [1.29, 1.82) is 0 Å². The first-order valence-corrected chi connectivity index (χ1v) is 8.97. The van der Waals surface area contributed by atoms with E-state index in [9.17, 15) is 4.79 Å². The van der Waals surface area contributed by atoms with Crippen LogP contribution in [0.15, 0.2) is 5.16 Å². The average Bonchev–Trinajstić information content (AvgIpc) is 2.81. The van der Waals surface area contributed by atoms with Gasteiger partial charge in [-0.2, -0.15) is 0 Å². The molecular weight excluding hydrogens is 294 g/mol. The lowest BCUT2D eigenvalue weighted by Crippen LogP contribution is -2.43. The summed E-state index contributed by atoms with van der Waals surface area (Å²) >= 11 is 0. The molecule has 2 fully saturated rings. The maximum absolute atomic E-state index is 11.1. The highest BCUT2D eigenvalue weighted by atomic mass is 16.6. The molecule has 23 heavy (non-hydrogen) atoms. The van der Waals surface area contributed by atoms with E-state index in [1.807, 2.05) is 0 Å². The van der Waals surface area contributed by atoms with Crippen LogP contribution in [0.1, 0.15) is 51.9 Å². The molecule has 2 aliphatic heterocycles. The molecule has 132 valence electrons. The van der Waals surface area contributed by atoms with Gasteiger partial charge in [0.25, 0.3) is 0 Å². The monoisotopic (exact) mass is 325 g/mol. The highest BCUT2D eigenvalue weighted by molar-refractivity contribution is 5.86. The van der Waals surface area contributed by atoms with E-state index in [0.29, 0.717) is 25.0 Å². The second-order valence-electron chi connectivity index (χ2n) is 6.68. The number of likely N-dealkylation sites (tertiary alicyclic amines) is 2. The summed E-state index contributed by atoms with van der Waals surface area (Å²) in [6, 6.07) is 0.536. The summed E-state index contributed by atoms with van der Waals surface area (Å²) in [6.07, 6.45) is 6.69. The molecule has 0 aliphatic carbocycles. The number of nitrogens with zero attached hydrogens (tertiary/aromatic N) is 3. The van der Waals surface area contributed by atoms with Gasteiger partial charge < -0.3 is 19.7 Å². The van der Waals surface area contributed by atoms with E-state index in [4.69, 9.17) is 9.94 Å². The fourth-order valence-electron chi connectivity index (χ4n) is 3.93. The third-order valence-corrected chi connectivity index (χ3v) is 5.20. The van der Waals surface area contributed by atoms with E-state index in [-0.39, 0.29) is 0 Å². The Morgan fingerprint density at radius 2 is 1.91 bits per heavy atom. The Kier molecular flexibility index (Phi) is 7.15. The lowest BCUT2D eigenvalue weighted by molar-refractivity contribution is 0.128. The number of hydrogen-bond acceptors (Lipinski definition) is 4. The van der Waals surface area contributed by atoms with Crippen molar-refractivity contribution in [3.63, 3.8) is 0 Å². The standard InChI is InChI=1S/C17H31N3O3/c1-3-5-16(18-23-2)14-7-11-19(12-8-14)15-6-4-10-20(13-9-15)17(21)22/h14-15H,3-13H2,1-2H3,(H,21,22). The first-order valence-electron chi connectivity index (χ1n) is 8.97. The third kappa shape index (κ3) is 5.09. The fraction of sp³-hybridized carbons (Fsp3) is 0.882. The molecule has 1 unspecified atom stereocenters. The molecule has 0 saturated carbocycles. The van der Waals surface area contributed by atoms with Crippen LogP contribution in [0.3, 0.4) is 0 Å². The average molecular weight is 325 g/mol. The highest BCUT2D eigenvalue weighted by Crippen LogP contribution is 2.26. The van der Waals surface area contributed by atoms with Gasteiger partial charge in [-0.25, -0.2) is 4.79 Å². The number of amides is 1. The van der Waals surface area contributed by atoms with Gasteiger partial charge in [0.2, 0.25) is 0 Å². The van der Waals surface area contributed by atoms with Crippen molar-refractivity contribution < 1.29 is 14.7 Å². The molecule has 2 rings (SSSR count). The van der Waals surface area contributed by atoms with Crippen molar-refractivity contribution in [2.75, 3.05) is 33.3 Å². The van der Waals surface area contributed by atoms with E-state index in [2.05, 4.69) is 17.0 Å². The summed E-state index contributed by atoms with van der Waals surface area (Å²) in [7, 11) is 1.63. The van der Waals surface area contributed by atoms with Crippen LogP contribution in [-0.2, 0) is 4.84 Å². The molecule has 6 heteroatoms. The lowest BCUT2D eigenvalue weighted by atomic mass is 9.88. The summed E-state index contributed by atoms with van der Waals surface area (Å²) in [5.74, 6) is 0.549. The Morgan fingerprint density at radius 3 is 2.52 bits per heavy atom. The van der Waals surface area contributed by atoms with Crippen LogP contribution in [0, 0.1) is 5.92 Å². The van der Waals surface area contributed by atoms with Crippen molar-refractivity contribution in [2.45, 2.75) is 57.9 Å². The van der Waals surface area contributed by atoms with Crippen molar-refractivity contribution in [3.8, 4) is 0 Å². The van der Waals surface area contributed by atoms with Gasteiger partial charge in [-0.05, 0) is 51.6 Å². The smallest absolute Gasteiger partial charge is 0.407 e. The molecule has 2 saturated heterocycles. The van der Waals surface area contributed by atoms with Gasteiger partial charge in [0.15, 0.2) is 0 Å². The molecule has 0 radical (unpaired) electrons. The van der Waals surface area contributed by atoms with Gasteiger partial charge in [0.1, 0.15) is 7.11 Å². The molecule has 0 spiro atoms. The quantitative estimate of drug-likeness (QED) is 0.623. The third-order valence-electron chi connectivity index (χ3n) is 5.20. The summed E-state index contributed by atoms with van der Waals surface area (Å²) in [5.41, 5.74) is 1.22. The van der Waals surface area contributed by atoms with E-state index in [1.54, 1.807) is 12.0 Å². The van der Waals surface area contributed by atoms with Gasteiger partial charge in [-0.15, -0.1) is 0 Å². The van der Waals surface area contributed by atoms with E-state index < -0.39 is 6.09 Å². The van der Waals surface area contributed by atoms with E-state index in [1.165, 1.54) is 5.71 Å². The molecule has 0 bridgehead atoms. The molecule has 2 aliphatic rings. The van der Waals surface area contributed by atoms with Crippen molar-refractivity contribution in [3.05, 3.63) is 0 Å². The van der Waals surface area contributed by atoms with Crippen molar-refractivity contribution >= 4 is 11.8 Å². The second kappa shape index (κ2) is 9.11. The van der Waals surface area contributed by atoms with Gasteiger partial charge in [0, 0.05) is 25.0 Å². The molecule has 1 N–H and O–H groups in total. The summed E-state index contributed by atoms with van der Waals surface area (Å²) in [6.45, 7) is 5.72. The topological polar surface area (TPSA) is 65.4 Å². The Bertz CT molecular complexity index is 406.